The number of carbonyl (C=O) groups excluding carboxylic acids is 1. The summed E-state index contributed by atoms with van der Waals surface area (Å²) < 4.78 is 34.9. The van der Waals surface area contributed by atoms with E-state index in [9.17, 15) is 28.2 Å². The minimum Gasteiger partial charge on any atom is -0.549 e. The highest BCUT2D eigenvalue weighted by atomic mass is 32.2. The summed E-state index contributed by atoms with van der Waals surface area (Å²) in [6.45, 7) is 0. The molecule has 1 aromatic heterocycles. The van der Waals surface area contributed by atoms with Gasteiger partial charge in [-0.3, -0.25) is 9.29 Å². The number of carboxylic acid groups (broad SMARTS) is 1. The topological polar surface area (TPSA) is 142 Å². The highest BCUT2D eigenvalue weighted by Crippen LogP contribution is 2.40. The Labute approximate surface area is 180 Å². The number of hydrogen-bond acceptors (Lipinski definition) is 8. The lowest BCUT2D eigenvalue weighted by molar-refractivity contribution is -0.301. The van der Waals surface area contributed by atoms with Gasteiger partial charge in [-0.05, 0) is 18.2 Å². The zero-order valence-electron chi connectivity index (χ0n) is 16.0. The van der Waals surface area contributed by atoms with E-state index >= 15 is 0 Å². The van der Waals surface area contributed by atoms with Crippen LogP contribution in [0.4, 0.5) is 5.69 Å². The van der Waals surface area contributed by atoms with Gasteiger partial charge in [0, 0.05) is 29.6 Å². The third-order valence-electron chi connectivity index (χ3n) is 4.65. The summed E-state index contributed by atoms with van der Waals surface area (Å²) in [6.07, 6.45) is 0. The van der Waals surface area contributed by atoms with Gasteiger partial charge in [-0.1, -0.05) is 24.3 Å². The predicted molar refractivity (Wildman–Crippen MR) is 114 cm³/mol. The van der Waals surface area contributed by atoms with Crippen LogP contribution in [-0.2, 0) is 21.9 Å². The van der Waals surface area contributed by atoms with E-state index in [1.807, 2.05) is 0 Å². The number of phenols is 1. The van der Waals surface area contributed by atoms with Crippen molar-refractivity contribution in [2.75, 3.05) is 10.5 Å². The van der Waals surface area contributed by atoms with Gasteiger partial charge in [0.15, 0.2) is 5.58 Å². The largest absolute Gasteiger partial charge is 0.549 e. The lowest BCUT2D eigenvalue weighted by atomic mass is 10.1. The van der Waals surface area contributed by atoms with Gasteiger partial charge in [0.2, 0.25) is 0 Å². The van der Waals surface area contributed by atoms with Gasteiger partial charge in [0.1, 0.15) is 5.75 Å². The normalized spacial score (nSPS) is 11.8. The molecule has 0 aliphatic heterocycles. The monoisotopic (exact) mass is 459 g/mol. The van der Waals surface area contributed by atoms with E-state index in [2.05, 4.69) is 4.72 Å². The van der Waals surface area contributed by atoms with Gasteiger partial charge in [-0.25, -0.2) is 13.2 Å². The molecule has 0 spiro atoms. The van der Waals surface area contributed by atoms with Crippen LogP contribution < -0.4 is 15.6 Å². The van der Waals surface area contributed by atoms with Gasteiger partial charge < -0.3 is 19.4 Å². The van der Waals surface area contributed by atoms with Crippen molar-refractivity contribution in [3.8, 4) is 5.75 Å². The van der Waals surface area contributed by atoms with E-state index < -0.39 is 27.5 Å². The van der Waals surface area contributed by atoms with Crippen molar-refractivity contribution in [1.29, 1.82) is 0 Å². The van der Waals surface area contributed by atoms with Crippen LogP contribution in [0, 0.1) is 0 Å². The summed E-state index contributed by atoms with van der Waals surface area (Å²) in [6, 6.07) is 12.0. The highest BCUT2D eigenvalue weighted by Gasteiger charge is 2.20. The minimum absolute atomic E-state index is 0.121. The molecule has 0 radical (unpaired) electrons. The molecule has 0 fully saturated rings. The number of fused-ring (bicyclic) bond motifs is 2. The number of thioether (sulfide) groups is 1. The fourth-order valence-corrected chi connectivity index (χ4v) is 4.96. The first-order valence-corrected chi connectivity index (χ1v) is 11.3. The molecule has 0 bridgehead atoms. The molecular weight excluding hydrogens is 444 g/mol. The molecule has 1 heterocycles. The van der Waals surface area contributed by atoms with Crippen molar-refractivity contribution >= 4 is 55.3 Å². The zero-order chi connectivity index (χ0) is 22.3. The SMILES string of the molecule is Cn1c(=O)oc2cc(S(=O)(=O)Nc3cc(SCC(=O)[O-])c(O)c4ccccc34)ccc21. The number of nitrogens with one attached hydrogen (secondary N) is 1. The van der Waals surface area contributed by atoms with Crippen molar-refractivity contribution in [3.05, 3.63) is 59.1 Å². The second kappa shape index (κ2) is 7.67. The number of rotatable bonds is 6. The third-order valence-corrected chi connectivity index (χ3v) is 7.01. The second-order valence-corrected chi connectivity index (χ2v) is 9.34. The summed E-state index contributed by atoms with van der Waals surface area (Å²) in [5, 5.41) is 22.1. The molecule has 0 unspecified atom stereocenters. The number of phenolic OH excluding ortho intramolecular Hbond substituents is 1. The molecule has 4 rings (SSSR count). The first-order chi connectivity index (χ1) is 14.7. The predicted octanol–water partition coefficient (Wildman–Crippen LogP) is 1.63. The number of carboxylic acids is 1. The highest BCUT2D eigenvalue weighted by molar-refractivity contribution is 8.00. The van der Waals surface area contributed by atoms with Gasteiger partial charge in [-0.15, -0.1) is 11.8 Å². The third kappa shape index (κ3) is 3.84. The number of carbonyl (C=O) groups is 1. The number of aromatic hydroxyl groups is 1. The van der Waals surface area contributed by atoms with E-state index in [0.717, 1.165) is 11.8 Å². The van der Waals surface area contributed by atoms with Gasteiger partial charge in [0.25, 0.3) is 10.0 Å². The van der Waals surface area contributed by atoms with Gasteiger partial charge in [-0.2, -0.15) is 0 Å². The van der Waals surface area contributed by atoms with Gasteiger partial charge >= 0.3 is 5.76 Å². The molecule has 4 aromatic rings. The van der Waals surface area contributed by atoms with Crippen molar-refractivity contribution in [1.82, 2.24) is 4.57 Å². The van der Waals surface area contributed by atoms with Crippen LogP contribution in [0.2, 0.25) is 0 Å². The maximum atomic E-state index is 13.0. The number of anilines is 1. The second-order valence-electron chi connectivity index (χ2n) is 6.64. The van der Waals surface area contributed by atoms with E-state index in [1.165, 1.54) is 35.9 Å². The summed E-state index contributed by atoms with van der Waals surface area (Å²) in [4.78, 5) is 22.6. The average molecular weight is 459 g/mol. The van der Waals surface area contributed by atoms with Crippen LogP contribution in [0.25, 0.3) is 21.9 Å². The van der Waals surface area contributed by atoms with E-state index in [1.54, 1.807) is 24.3 Å². The number of sulfonamides is 1. The van der Waals surface area contributed by atoms with Crippen LogP contribution in [0.15, 0.2) is 67.5 Å². The maximum Gasteiger partial charge on any atom is 0.419 e. The van der Waals surface area contributed by atoms with Crippen molar-refractivity contribution < 1.29 is 27.8 Å². The summed E-state index contributed by atoms with van der Waals surface area (Å²) in [5.41, 5.74) is 0.722. The number of oxazole rings is 1. The van der Waals surface area contributed by atoms with Crippen LogP contribution in [0.1, 0.15) is 0 Å². The minimum atomic E-state index is -4.10. The molecule has 0 saturated carbocycles. The molecule has 160 valence electrons. The summed E-state index contributed by atoms with van der Waals surface area (Å²) >= 11 is 0.813. The fraction of sp³-hybridized carbons (Fsp3) is 0.100. The Kier molecular flexibility index (Phi) is 5.15. The first-order valence-electron chi connectivity index (χ1n) is 8.87. The molecule has 0 amide bonds. The summed E-state index contributed by atoms with van der Waals surface area (Å²) in [5.74, 6) is -2.51. The molecule has 2 N–H and O–H groups in total. The average Bonchev–Trinajstić information content (AvgIpc) is 3.02. The van der Waals surface area contributed by atoms with Crippen LogP contribution in [0.3, 0.4) is 0 Å². The quantitative estimate of drug-likeness (QED) is 0.327. The Morgan fingerprint density at radius 2 is 1.90 bits per heavy atom. The smallest absolute Gasteiger partial charge is 0.419 e. The Morgan fingerprint density at radius 3 is 2.61 bits per heavy atom. The Balaban J connectivity index is 1.80. The van der Waals surface area contributed by atoms with E-state index in [4.69, 9.17) is 4.42 Å². The first kappa shape index (κ1) is 20.8. The molecule has 9 nitrogen and oxygen atoms in total. The standard InChI is InChI=1S/C20H16N2O7S2/c1-22-15-7-6-11(8-16(15)29-20(22)26)31(27,28)21-14-9-17(30-10-18(23)24)19(25)13-5-3-2-4-12(13)14/h2-9,21,25H,10H2,1H3,(H,23,24)/p-1. The number of aryl methyl sites for hydroxylation is 1. The molecule has 11 heteroatoms. The van der Waals surface area contributed by atoms with Crippen LogP contribution in [-0.4, -0.2) is 29.8 Å². The number of hydrogen-bond donors (Lipinski definition) is 2. The fourth-order valence-electron chi connectivity index (χ4n) is 3.15. The van der Waals surface area contributed by atoms with Crippen LogP contribution >= 0.6 is 11.8 Å². The lowest BCUT2D eigenvalue weighted by Crippen LogP contribution is -2.24. The number of benzene rings is 3. The molecule has 0 aliphatic carbocycles. The molecule has 3 aromatic carbocycles. The number of aliphatic carboxylic acids is 1. The van der Waals surface area contributed by atoms with Crippen molar-refractivity contribution in [2.45, 2.75) is 9.79 Å². The van der Waals surface area contributed by atoms with Gasteiger partial charge in [0.05, 0.1) is 27.0 Å². The maximum absolute atomic E-state index is 13.0. The molecule has 31 heavy (non-hydrogen) atoms. The Hall–Kier alpha value is -3.44. The van der Waals surface area contributed by atoms with E-state index in [-0.39, 0.29) is 26.8 Å². The van der Waals surface area contributed by atoms with E-state index in [0.29, 0.717) is 16.3 Å². The number of nitrogens with zero attached hydrogens (tertiary/aromatic N) is 1. The zero-order valence-corrected chi connectivity index (χ0v) is 17.6. The Bertz CT molecular complexity index is 1500. The number of aromatic nitrogens is 1. The molecule has 0 aliphatic rings. The lowest BCUT2D eigenvalue weighted by Gasteiger charge is -2.15. The molecular formula is C20H15N2O7S2-. The summed E-state index contributed by atoms with van der Waals surface area (Å²) in [7, 11) is -2.59. The van der Waals surface area contributed by atoms with Crippen LogP contribution in [0.5, 0.6) is 5.75 Å². The molecule has 0 atom stereocenters. The molecule has 0 saturated heterocycles. The van der Waals surface area contributed by atoms with Crippen molar-refractivity contribution in [3.63, 3.8) is 0 Å². The Morgan fingerprint density at radius 1 is 1.19 bits per heavy atom. The van der Waals surface area contributed by atoms with Crippen molar-refractivity contribution in [2.24, 2.45) is 7.05 Å².